The van der Waals surface area contributed by atoms with Gasteiger partial charge in [-0.15, -0.1) is 0 Å². The first-order chi connectivity index (χ1) is 5.04. The first-order valence-electron chi connectivity index (χ1n) is 3.54. The van der Waals surface area contributed by atoms with Crippen LogP contribution in [0.5, 0.6) is 0 Å². The zero-order valence-electron chi connectivity index (χ0n) is 7.26. The van der Waals surface area contributed by atoms with Crippen molar-refractivity contribution in [3.63, 3.8) is 0 Å². The molecular weight excluding hydrogens is 159 g/mol. The highest BCUT2D eigenvalue weighted by molar-refractivity contribution is 7.30. The Morgan fingerprint density at radius 3 is 2.18 bits per heavy atom. The van der Waals surface area contributed by atoms with Gasteiger partial charge in [-0.3, -0.25) is 4.20 Å². The maximum Gasteiger partial charge on any atom is 0.592 e. The second-order valence-corrected chi connectivity index (χ2v) is 4.11. The molecule has 1 aromatic heterocycles. The molecule has 0 radical (unpaired) electrons. The third-order valence-electron chi connectivity index (χ3n) is 2.13. The summed E-state index contributed by atoms with van der Waals surface area (Å²) in [6.45, 7) is 7.66. The van der Waals surface area contributed by atoms with E-state index in [0.29, 0.717) is 0 Å². The van der Waals surface area contributed by atoms with Crippen LogP contribution in [-0.4, -0.2) is 0 Å². The van der Waals surface area contributed by atoms with Crippen LogP contribution >= 0.6 is 7.65 Å². The van der Waals surface area contributed by atoms with Crippen LogP contribution in [0.1, 0.15) is 22.2 Å². The molecule has 2 nitrogen and oxygen atoms in total. The number of aryl methyl sites for hydroxylation is 1. The predicted molar refractivity (Wildman–Crippen MR) is 45.3 cm³/mol. The molecule has 0 aromatic carbocycles. The lowest BCUT2D eigenvalue weighted by atomic mass is 10.1. The average molecular weight is 171 g/mol. The van der Waals surface area contributed by atoms with Crippen molar-refractivity contribution in [1.29, 1.82) is 0 Å². The molecule has 1 heterocycles. The minimum atomic E-state index is -1.59. The van der Waals surface area contributed by atoms with Crippen molar-refractivity contribution in [2.24, 2.45) is 0 Å². The Hall–Kier alpha value is -0.620. The molecule has 0 saturated carbocycles. The summed E-state index contributed by atoms with van der Waals surface area (Å²) in [5.74, 6) is 0.786. The Bertz CT molecular complexity index is 339. The number of hydrogen-bond acceptors (Lipinski definition) is 2. The van der Waals surface area contributed by atoms with Crippen molar-refractivity contribution in [1.82, 2.24) is 0 Å². The summed E-state index contributed by atoms with van der Waals surface area (Å²) in [6, 6.07) is 0. The van der Waals surface area contributed by atoms with Crippen LogP contribution in [0.2, 0.25) is 0 Å². The fourth-order valence-electron chi connectivity index (χ4n) is 0.934. The van der Waals surface area contributed by atoms with Crippen molar-refractivity contribution in [2.45, 2.75) is 27.7 Å². The van der Waals surface area contributed by atoms with Crippen LogP contribution in [0, 0.1) is 27.7 Å². The lowest BCUT2D eigenvalue weighted by molar-refractivity contribution is 0.531. The van der Waals surface area contributed by atoms with E-state index >= 15 is 0 Å². The van der Waals surface area contributed by atoms with Gasteiger partial charge in [-0.05, 0) is 30.9 Å². The third kappa shape index (κ3) is 1.36. The maximum absolute atomic E-state index is 11.2. The van der Waals surface area contributed by atoms with E-state index in [9.17, 15) is 4.57 Å². The summed E-state index contributed by atoms with van der Waals surface area (Å²) >= 11 is 0. The van der Waals surface area contributed by atoms with Crippen LogP contribution in [0.4, 0.5) is 0 Å². The van der Waals surface area contributed by atoms with E-state index in [2.05, 4.69) is 0 Å². The molecule has 60 valence electrons. The van der Waals surface area contributed by atoms with Gasteiger partial charge in [0.2, 0.25) is 5.30 Å². The highest BCUT2D eigenvalue weighted by atomic mass is 31.1. The minimum absolute atomic E-state index is 0.786. The normalized spacial score (nSPS) is 11.8. The molecule has 0 fully saturated rings. The minimum Gasteiger partial charge on any atom is -0.255 e. The highest BCUT2D eigenvalue weighted by Gasteiger charge is 2.16. The highest BCUT2D eigenvalue weighted by Crippen LogP contribution is 2.28. The quantitative estimate of drug-likeness (QED) is 0.599. The van der Waals surface area contributed by atoms with E-state index in [1.54, 1.807) is 0 Å². The van der Waals surface area contributed by atoms with Crippen molar-refractivity contribution >= 4 is 7.65 Å². The second kappa shape index (κ2) is 2.78. The molecule has 0 spiro atoms. The summed E-state index contributed by atoms with van der Waals surface area (Å²) in [4.78, 5) is 0. The Balaban J connectivity index is 3.59. The lowest BCUT2D eigenvalue weighted by Gasteiger charge is -1.96. The summed E-state index contributed by atoms with van der Waals surface area (Å²) in [5, 5.41) is 0.864. The van der Waals surface area contributed by atoms with Crippen LogP contribution in [0.25, 0.3) is 0 Å². The largest absolute Gasteiger partial charge is 0.592 e. The van der Waals surface area contributed by atoms with Crippen molar-refractivity contribution in [2.75, 3.05) is 0 Å². The SMILES string of the molecule is Cc1o[p+](=O)c(C)c(C)c1C. The Morgan fingerprint density at radius 2 is 1.64 bits per heavy atom. The van der Waals surface area contributed by atoms with Gasteiger partial charge in [-0.1, -0.05) is 0 Å². The molecule has 0 aliphatic carbocycles. The Kier molecular flexibility index (Phi) is 2.15. The average Bonchev–Trinajstić information content (AvgIpc) is 1.97. The third-order valence-corrected chi connectivity index (χ3v) is 3.45. The Morgan fingerprint density at radius 1 is 1.09 bits per heavy atom. The van der Waals surface area contributed by atoms with Gasteiger partial charge in [0.05, 0.1) is 0 Å². The van der Waals surface area contributed by atoms with Crippen molar-refractivity contribution < 1.29 is 8.76 Å². The van der Waals surface area contributed by atoms with Crippen LogP contribution in [0.15, 0.2) is 4.20 Å². The summed E-state index contributed by atoms with van der Waals surface area (Å²) in [7, 11) is -1.59. The van der Waals surface area contributed by atoms with Gasteiger partial charge in [-0.2, -0.15) is 0 Å². The lowest BCUT2D eigenvalue weighted by Crippen LogP contribution is -1.86. The molecule has 0 bridgehead atoms. The molecular formula is C8H12O2P+. The zero-order chi connectivity index (χ0) is 8.59. The molecule has 1 atom stereocenters. The monoisotopic (exact) mass is 171 g/mol. The molecule has 0 aliphatic rings. The molecule has 0 N–H and O–H groups in total. The summed E-state index contributed by atoms with van der Waals surface area (Å²) in [5.41, 5.74) is 2.21. The number of hydrogen-bond donors (Lipinski definition) is 0. The van der Waals surface area contributed by atoms with E-state index < -0.39 is 7.65 Å². The van der Waals surface area contributed by atoms with Crippen LogP contribution < -0.4 is 0 Å². The van der Waals surface area contributed by atoms with E-state index in [-0.39, 0.29) is 0 Å². The van der Waals surface area contributed by atoms with Gasteiger partial charge in [0, 0.05) is 12.5 Å². The van der Waals surface area contributed by atoms with Crippen molar-refractivity contribution in [3.05, 3.63) is 22.2 Å². The predicted octanol–water partition coefficient (Wildman–Crippen LogP) is 3.26. The van der Waals surface area contributed by atoms with E-state index in [1.165, 1.54) is 0 Å². The molecule has 1 aromatic rings. The standard InChI is InChI=1S/C8H12O2P/c1-5-6(2)8(4)11(9)10-7(5)3/h1-4H3/q+1. The molecule has 1 unspecified atom stereocenters. The second-order valence-electron chi connectivity index (χ2n) is 2.74. The molecule has 0 amide bonds. The van der Waals surface area contributed by atoms with Gasteiger partial charge in [-0.25, -0.2) is 0 Å². The zero-order valence-corrected chi connectivity index (χ0v) is 8.16. The molecule has 1 rings (SSSR count). The van der Waals surface area contributed by atoms with Crippen LogP contribution in [0.3, 0.4) is 0 Å². The van der Waals surface area contributed by atoms with Crippen LogP contribution in [-0.2, 0) is 4.57 Å². The van der Waals surface area contributed by atoms with E-state index in [4.69, 9.17) is 4.20 Å². The Labute approximate surface area is 67.1 Å². The first kappa shape index (κ1) is 8.48. The number of rotatable bonds is 0. The fraction of sp³-hybridized carbons (Fsp3) is 0.500. The maximum atomic E-state index is 11.2. The molecule has 0 aliphatic heterocycles. The topological polar surface area (TPSA) is 30.2 Å². The summed E-state index contributed by atoms with van der Waals surface area (Å²) < 4.78 is 16.3. The molecule has 0 saturated heterocycles. The van der Waals surface area contributed by atoms with Gasteiger partial charge < -0.3 is 0 Å². The van der Waals surface area contributed by atoms with Gasteiger partial charge in [0.25, 0.3) is 0 Å². The van der Waals surface area contributed by atoms with Gasteiger partial charge >= 0.3 is 7.65 Å². The van der Waals surface area contributed by atoms with E-state index in [1.807, 2.05) is 27.7 Å². The molecule has 3 heteroatoms. The van der Waals surface area contributed by atoms with E-state index in [0.717, 1.165) is 22.2 Å². The molecule has 11 heavy (non-hydrogen) atoms. The van der Waals surface area contributed by atoms with Gasteiger partial charge in [0.15, 0.2) is 5.76 Å². The van der Waals surface area contributed by atoms with Gasteiger partial charge in [0.1, 0.15) is 0 Å². The fourth-order valence-corrected chi connectivity index (χ4v) is 1.90. The van der Waals surface area contributed by atoms with Crippen molar-refractivity contribution in [3.8, 4) is 0 Å². The smallest absolute Gasteiger partial charge is 0.255 e. The summed E-state index contributed by atoms with van der Waals surface area (Å²) in [6.07, 6.45) is 0. The first-order valence-corrected chi connectivity index (χ1v) is 4.72.